The Morgan fingerprint density at radius 3 is 2.59 bits per heavy atom. The summed E-state index contributed by atoms with van der Waals surface area (Å²) in [6.45, 7) is 1.34. The number of guanidine groups is 1. The summed E-state index contributed by atoms with van der Waals surface area (Å²) >= 11 is 5.16. The van der Waals surface area contributed by atoms with E-state index < -0.39 is 38.8 Å². The molecular weight excluding hydrogens is 427 g/mol. The second-order valence-corrected chi connectivity index (χ2v) is 9.01. The van der Waals surface area contributed by atoms with E-state index in [0.717, 1.165) is 22.6 Å². The molecule has 1 atom stereocenters. The van der Waals surface area contributed by atoms with Crippen molar-refractivity contribution in [3.8, 4) is 0 Å². The predicted octanol–water partition coefficient (Wildman–Crippen LogP) is 2.09. The first-order chi connectivity index (χ1) is 13.4. The zero-order valence-corrected chi connectivity index (χ0v) is 16.9. The number of sulfonamides is 1. The highest BCUT2D eigenvalue weighted by Crippen LogP contribution is 2.35. The van der Waals surface area contributed by atoms with Crippen LogP contribution in [0.5, 0.6) is 0 Å². The molecule has 0 spiro atoms. The number of rotatable bonds is 3. The molecule has 29 heavy (non-hydrogen) atoms. The van der Waals surface area contributed by atoms with Crippen molar-refractivity contribution in [1.82, 2.24) is 9.29 Å². The van der Waals surface area contributed by atoms with Gasteiger partial charge in [0.25, 0.3) is 0 Å². The minimum absolute atomic E-state index is 0.0334. The van der Waals surface area contributed by atoms with Gasteiger partial charge in [-0.3, -0.25) is 4.98 Å². The molecule has 3 N–H and O–H groups in total. The standard InChI is InChI=1S/C17H16F3N5O2S2/c1-17(8-29(26,27)25(2)16(21)24-17)11-5-10(6-12(19)14(11)20)23-15(28)13-4-3-9(18)7-22-13/h3-7H,8H2,1-2H3,(H2,21,24)(H,23,28)/t17-/m0/s1. The summed E-state index contributed by atoms with van der Waals surface area (Å²) in [5.74, 6) is -3.99. The van der Waals surface area contributed by atoms with Crippen LogP contribution in [0.25, 0.3) is 0 Å². The van der Waals surface area contributed by atoms with Gasteiger partial charge in [0, 0.05) is 24.4 Å². The Bertz CT molecular complexity index is 1120. The van der Waals surface area contributed by atoms with Crippen LogP contribution < -0.4 is 11.1 Å². The van der Waals surface area contributed by atoms with Gasteiger partial charge in [-0.15, -0.1) is 0 Å². The van der Waals surface area contributed by atoms with Crippen LogP contribution in [0, 0.1) is 17.5 Å². The average molecular weight is 443 g/mol. The van der Waals surface area contributed by atoms with E-state index in [1.54, 1.807) is 0 Å². The highest BCUT2D eigenvalue weighted by molar-refractivity contribution is 7.89. The molecular formula is C17H16F3N5O2S2. The van der Waals surface area contributed by atoms with Crippen molar-refractivity contribution in [3.63, 3.8) is 0 Å². The number of nitrogens with two attached hydrogens (primary N) is 1. The van der Waals surface area contributed by atoms with Crippen LogP contribution in [-0.2, 0) is 15.6 Å². The molecule has 0 bridgehead atoms. The van der Waals surface area contributed by atoms with E-state index in [1.165, 1.54) is 26.1 Å². The minimum Gasteiger partial charge on any atom is -0.369 e. The van der Waals surface area contributed by atoms with Gasteiger partial charge >= 0.3 is 0 Å². The SMILES string of the molecule is CN1C(N)=N[C@](C)(c2cc(NC(=S)c3ccc(F)cn3)cc(F)c2F)CS1(=O)=O. The molecule has 0 radical (unpaired) electrons. The van der Waals surface area contributed by atoms with E-state index in [0.29, 0.717) is 0 Å². The van der Waals surface area contributed by atoms with Crippen molar-refractivity contribution in [3.05, 3.63) is 59.2 Å². The number of anilines is 1. The highest BCUT2D eigenvalue weighted by atomic mass is 32.2. The normalized spacial score (nSPS) is 20.9. The fraction of sp³-hybridized carbons (Fsp3) is 0.235. The first-order valence-corrected chi connectivity index (χ1v) is 10.2. The maximum absolute atomic E-state index is 14.6. The summed E-state index contributed by atoms with van der Waals surface area (Å²) in [6.07, 6.45) is 0.960. The van der Waals surface area contributed by atoms with Gasteiger partial charge in [0.15, 0.2) is 11.6 Å². The second-order valence-electron chi connectivity index (χ2n) is 6.60. The van der Waals surface area contributed by atoms with Gasteiger partial charge in [-0.05, 0) is 25.1 Å². The Hall–Kier alpha value is -2.73. The monoisotopic (exact) mass is 443 g/mol. The molecule has 1 aliphatic rings. The number of aliphatic imine (C=N–C) groups is 1. The number of pyridine rings is 1. The van der Waals surface area contributed by atoms with Gasteiger partial charge in [-0.2, -0.15) is 0 Å². The summed E-state index contributed by atoms with van der Waals surface area (Å²) in [4.78, 5) is 7.91. The van der Waals surface area contributed by atoms with Crippen LogP contribution in [0.3, 0.4) is 0 Å². The van der Waals surface area contributed by atoms with E-state index in [4.69, 9.17) is 18.0 Å². The Morgan fingerprint density at radius 2 is 2.00 bits per heavy atom. The number of halogens is 3. The third-order valence-corrected chi connectivity index (χ3v) is 6.65. The summed E-state index contributed by atoms with van der Waals surface area (Å²) in [7, 11) is -2.66. The number of thiocarbonyl (C=S) groups is 1. The van der Waals surface area contributed by atoms with E-state index in [2.05, 4.69) is 15.3 Å². The Balaban J connectivity index is 2.02. The van der Waals surface area contributed by atoms with Gasteiger partial charge in [0.05, 0.1) is 17.6 Å². The fourth-order valence-corrected chi connectivity index (χ4v) is 4.53. The van der Waals surface area contributed by atoms with Crippen molar-refractivity contribution >= 4 is 38.9 Å². The third-order valence-electron chi connectivity index (χ3n) is 4.39. The molecule has 2 aromatic rings. The van der Waals surface area contributed by atoms with E-state index in [1.807, 2.05) is 0 Å². The zero-order valence-electron chi connectivity index (χ0n) is 15.3. The summed E-state index contributed by atoms with van der Waals surface area (Å²) in [5, 5.41) is 2.68. The lowest BCUT2D eigenvalue weighted by molar-refractivity contribution is 0.436. The van der Waals surface area contributed by atoms with Gasteiger partial charge < -0.3 is 11.1 Å². The zero-order chi connectivity index (χ0) is 21.6. The molecule has 0 amide bonds. The quantitative estimate of drug-likeness (QED) is 0.705. The molecule has 1 aromatic carbocycles. The number of aromatic nitrogens is 1. The lowest BCUT2D eigenvalue weighted by Crippen LogP contribution is -2.50. The Labute approximate surface area is 170 Å². The van der Waals surface area contributed by atoms with Gasteiger partial charge in [-0.1, -0.05) is 12.2 Å². The molecule has 7 nitrogen and oxygen atoms in total. The molecule has 0 aliphatic carbocycles. The van der Waals surface area contributed by atoms with Crippen LogP contribution in [-0.4, -0.2) is 41.5 Å². The predicted molar refractivity (Wildman–Crippen MR) is 106 cm³/mol. The molecule has 0 unspecified atom stereocenters. The van der Waals surface area contributed by atoms with Gasteiger partial charge in [0.1, 0.15) is 16.3 Å². The first kappa shape index (κ1) is 21.0. The number of hydrogen-bond donors (Lipinski definition) is 2. The molecule has 1 aliphatic heterocycles. The molecule has 3 rings (SSSR count). The van der Waals surface area contributed by atoms with Crippen molar-refractivity contribution in [2.45, 2.75) is 12.5 Å². The van der Waals surface area contributed by atoms with Crippen LogP contribution >= 0.6 is 12.2 Å². The van der Waals surface area contributed by atoms with Crippen molar-refractivity contribution in [2.75, 3.05) is 18.1 Å². The maximum Gasteiger partial charge on any atom is 0.239 e. The molecule has 1 aromatic heterocycles. The van der Waals surface area contributed by atoms with E-state index in [-0.39, 0.29) is 27.9 Å². The summed E-state index contributed by atoms with van der Waals surface area (Å²) in [5.41, 5.74) is 3.95. The number of nitrogens with one attached hydrogen (secondary N) is 1. The number of benzene rings is 1. The van der Waals surface area contributed by atoms with Gasteiger partial charge in [-0.25, -0.2) is 30.9 Å². The molecule has 0 saturated carbocycles. The number of nitrogens with zero attached hydrogens (tertiary/aromatic N) is 3. The van der Waals surface area contributed by atoms with E-state index in [9.17, 15) is 21.6 Å². The average Bonchev–Trinajstić information content (AvgIpc) is 2.62. The number of hydrogen-bond acceptors (Lipinski definition) is 6. The first-order valence-electron chi connectivity index (χ1n) is 8.17. The summed E-state index contributed by atoms with van der Waals surface area (Å²) in [6, 6.07) is 4.52. The van der Waals surface area contributed by atoms with Crippen LogP contribution in [0.2, 0.25) is 0 Å². The molecule has 0 fully saturated rings. The van der Waals surface area contributed by atoms with Crippen molar-refractivity contribution in [1.29, 1.82) is 0 Å². The Morgan fingerprint density at radius 1 is 1.31 bits per heavy atom. The van der Waals surface area contributed by atoms with Crippen LogP contribution in [0.15, 0.2) is 35.5 Å². The van der Waals surface area contributed by atoms with Crippen molar-refractivity contribution < 1.29 is 21.6 Å². The molecule has 12 heteroatoms. The largest absolute Gasteiger partial charge is 0.369 e. The second kappa shape index (κ2) is 7.26. The molecule has 154 valence electrons. The topological polar surface area (TPSA) is 101 Å². The van der Waals surface area contributed by atoms with Crippen LogP contribution in [0.4, 0.5) is 18.9 Å². The van der Waals surface area contributed by atoms with Crippen LogP contribution in [0.1, 0.15) is 18.2 Å². The van der Waals surface area contributed by atoms with Gasteiger partial charge in [0.2, 0.25) is 16.0 Å². The lowest BCUT2D eigenvalue weighted by atomic mass is 9.93. The Kier molecular flexibility index (Phi) is 5.26. The summed E-state index contributed by atoms with van der Waals surface area (Å²) < 4.78 is 67.3. The van der Waals surface area contributed by atoms with E-state index >= 15 is 0 Å². The molecule has 0 saturated heterocycles. The third kappa shape index (κ3) is 4.03. The maximum atomic E-state index is 14.6. The smallest absolute Gasteiger partial charge is 0.239 e. The highest BCUT2D eigenvalue weighted by Gasteiger charge is 2.42. The van der Waals surface area contributed by atoms with Crippen molar-refractivity contribution in [2.24, 2.45) is 10.7 Å². The molecule has 2 heterocycles. The minimum atomic E-state index is -3.88. The lowest BCUT2D eigenvalue weighted by Gasteiger charge is -2.34. The fourth-order valence-electron chi connectivity index (χ4n) is 2.85.